The van der Waals surface area contributed by atoms with Gasteiger partial charge in [0.2, 0.25) is 0 Å². The van der Waals surface area contributed by atoms with Crippen LogP contribution in [0, 0.1) is 0 Å². The molecule has 0 saturated carbocycles. The van der Waals surface area contributed by atoms with Crippen LogP contribution in [0.5, 0.6) is 0 Å². The van der Waals surface area contributed by atoms with Crippen molar-refractivity contribution in [2.45, 2.75) is 48.7 Å². The third-order valence-corrected chi connectivity index (χ3v) is 7.98. The molecule has 0 bridgehead atoms. The monoisotopic (exact) mass is 584 g/mol. The second kappa shape index (κ2) is 13.2. The van der Waals surface area contributed by atoms with Crippen LogP contribution < -0.4 is 5.32 Å². The summed E-state index contributed by atoms with van der Waals surface area (Å²) < 4.78 is 16.0. The van der Waals surface area contributed by atoms with Crippen molar-refractivity contribution in [2.24, 2.45) is 0 Å². The van der Waals surface area contributed by atoms with E-state index in [9.17, 15) is 14.7 Å². The second-order valence-electron chi connectivity index (χ2n) is 9.44. The van der Waals surface area contributed by atoms with Gasteiger partial charge in [-0.05, 0) is 43.4 Å². The highest BCUT2D eigenvalue weighted by Gasteiger charge is 2.35. The minimum Gasteiger partial charge on any atom is -0.452 e. The standard InChI is InChI=1S/C27H28N4O5S3/c1-27(2,3)36-26(34)30-25-29-19(15-38-25)22(20(32)16-37-21-14-28-31-39-21)24(33)35-23(17-10-6-4-7-11-17)18-12-8-5-9-13-18/h4-15,20,22-23,32H,16H2,1-3H3,(H,29,30,34). The lowest BCUT2D eigenvalue weighted by Gasteiger charge is -2.24. The molecule has 0 radical (unpaired) electrons. The van der Waals surface area contributed by atoms with E-state index in [1.165, 1.54) is 23.3 Å². The minimum absolute atomic E-state index is 0.178. The van der Waals surface area contributed by atoms with Crippen molar-refractivity contribution in [3.63, 3.8) is 0 Å². The van der Waals surface area contributed by atoms with Crippen molar-refractivity contribution < 1.29 is 24.2 Å². The Hall–Kier alpha value is -3.32. The molecule has 9 nitrogen and oxygen atoms in total. The Morgan fingerprint density at radius 3 is 2.26 bits per heavy atom. The Balaban J connectivity index is 1.59. The van der Waals surface area contributed by atoms with E-state index in [1.54, 1.807) is 32.3 Å². The van der Waals surface area contributed by atoms with Crippen molar-refractivity contribution >= 4 is 51.8 Å². The molecule has 12 heteroatoms. The van der Waals surface area contributed by atoms with Gasteiger partial charge in [0.15, 0.2) is 11.2 Å². The zero-order valence-corrected chi connectivity index (χ0v) is 24.0. The van der Waals surface area contributed by atoms with Crippen LogP contribution in [-0.2, 0) is 14.3 Å². The molecular weight excluding hydrogens is 557 g/mol. The van der Waals surface area contributed by atoms with Gasteiger partial charge in [-0.25, -0.2) is 9.78 Å². The number of nitrogens with one attached hydrogen (secondary N) is 1. The first-order chi connectivity index (χ1) is 18.7. The number of amides is 1. The van der Waals surface area contributed by atoms with E-state index in [1.807, 2.05) is 60.7 Å². The number of nitrogens with zero attached hydrogens (tertiary/aromatic N) is 3. The molecule has 2 aromatic heterocycles. The Bertz CT molecular complexity index is 1310. The first-order valence-corrected chi connectivity index (χ1v) is 14.7. The van der Waals surface area contributed by atoms with Gasteiger partial charge >= 0.3 is 12.1 Å². The predicted molar refractivity (Wildman–Crippen MR) is 152 cm³/mol. The van der Waals surface area contributed by atoms with Gasteiger partial charge in [-0.15, -0.1) is 28.2 Å². The lowest BCUT2D eigenvalue weighted by atomic mass is 9.98. The zero-order chi connectivity index (χ0) is 27.8. The molecule has 2 aromatic carbocycles. The minimum atomic E-state index is -1.15. The summed E-state index contributed by atoms with van der Waals surface area (Å²) in [4.78, 5) is 30.4. The van der Waals surface area contributed by atoms with Crippen molar-refractivity contribution in [1.29, 1.82) is 0 Å². The third kappa shape index (κ3) is 8.33. The summed E-state index contributed by atoms with van der Waals surface area (Å²) in [5.41, 5.74) is 1.19. The number of ether oxygens (including phenoxy) is 2. The number of carbonyl (C=O) groups excluding carboxylic acids is 2. The average Bonchev–Trinajstić information content (AvgIpc) is 3.58. The number of aliphatic hydroxyl groups is 1. The number of thioether (sulfide) groups is 1. The molecule has 2 unspecified atom stereocenters. The first-order valence-electron chi connectivity index (χ1n) is 12.0. The summed E-state index contributed by atoms with van der Waals surface area (Å²) in [5, 5.41) is 19.5. The third-order valence-electron chi connectivity index (χ3n) is 5.26. The van der Waals surface area contributed by atoms with Crippen LogP contribution in [0.4, 0.5) is 9.93 Å². The number of hydrogen-bond donors (Lipinski definition) is 2. The van der Waals surface area contributed by atoms with Crippen molar-refractivity contribution in [3.8, 4) is 0 Å². The van der Waals surface area contributed by atoms with Crippen LogP contribution in [0.3, 0.4) is 0 Å². The maximum absolute atomic E-state index is 13.8. The van der Waals surface area contributed by atoms with Gasteiger partial charge in [-0.1, -0.05) is 65.2 Å². The Morgan fingerprint density at radius 1 is 1.05 bits per heavy atom. The highest BCUT2D eigenvalue weighted by Crippen LogP contribution is 2.34. The number of carbonyl (C=O) groups is 2. The number of esters is 1. The number of rotatable bonds is 10. The quantitative estimate of drug-likeness (QED) is 0.173. The molecule has 0 saturated heterocycles. The highest BCUT2D eigenvalue weighted by molar-refractivity contribution is 8.01. The van der Waals surface area contributed by atoms with E-state index in [-0.39, 0.29) is 16.6 Å². The van der Waals surface area contributed by atoms with E-state index < -0.39 is 35.8 Å². The molecule has 2 N–H and O–H groups in total. The molecule has 4 rings (SSSR count). The number of benzene rings is 2. The molecular formula is C27H28N4O5S3. The molecule has 0 spiro atoms. The first kappa shape index (κ1) is 28.7. The van der Waals surface area contributed by atoms with Gasteiger partial charge in [0.05, 0.1) is 18.0 Å². The van der Waals surface area contributed by atoms with Gasteiger partial charge in [-0.2, -0.15) is 0 Å². The molecule has 4 aromatic rings. The average molecular weight is 585 g/mol. The maximum Gasteiger partial charge on any atom is 0.413 e. The fourth-order valence-corrected chi connectivity index (χ4v) is 5.78. The smallest absolute Gasteiger partial charge is 0.413 e. The second-order valence-corrected chi connectivity index (χ2v) is 12.4. The van der Waals surface area contributed by atoms with Gasteiger partial charge in [0, 0.05) is 11.1 Å². The molecule has 0 aliphatic heterocycles. The van der Waals surface area contributed by atoms with Crippen LogP contribution >= 0.6 is 34.6 Å². The van der Waals surface area contributed by atoms with Crippen LogP contribution in [0.2, 0.25) is 0 Å². The van der Waals surface area contributed by atoms with Crippen LogP contribution in [0.25, 0.3) is 0 Å². The summed E-state index contributed by atoms with van der Waals surface area (Å²) in [6.45, 7) is 5.28. The van der Waals surface area contributed by atoms with Crippen LogP contribution in [-0.4, -0.2) is 49.2 Å². The molecule has 204 valence electrons. The Kier molecular flexibility index (Phi) is 9.68. The van der Waals surface area contributed by atoms with Crippen molar-refractivity contribution in [1.82, 2.24) is 14.6 Å². The predicted octanol–water partition coefficient (Wildman–Crippen LogP) is 5.91. The molecule has 0 aliphatic carbocycles. The topological polar surface area (TPSA) is 124 Å². The van der Waals surface area contributed by atoms with Gasteiger partial charge in [0.25, 0.3) is 0 Å². The summed E-state index contributed by atoms with van der Waals surface area (Å²) in [7, 11) is 0. The molecule has 2 heterocycles. The molecule has 0 aliphatic rings. The van der Waals surface area contributed by atoms with E-state index in [0.717, 1.165) is 26.7 Å². The van der Waals surface area contributed by atoms with Gasteiger partial charge < -0.3 is 14.6 Å². The Labute approximate surface area is 238 Å². The maximum atomic E-state index is 13.8. The fourth-order valence-electron chi connectivity index (χ4n) is 3.61. The van der Waals surface area contributed by atoms with E-state index in [2.05, 4.69) is 19.9 Å². The largest absolute Gasteiger partial charge is 0.452 e. The lowest BCUT2D eigenvalue weighted by molar-refractivity contribution is -0.152. The summed E-state index contributed by atoms with van der Waals surface area (Å²) in [5.74, 6) is -1.58. The number of aromatic nitrogens is 3. The van der Waals surface area contributed by atoms with E-state index in [0.29, 0.717) is 0 Å². The van der Waals surface area contributed by atoms with Crippen molar-refractivity contribution in [3.05, 3.63) is 89.1 Å². The van der Waals surface area contributed by atoms with E-state index in [4.69, 9.17) is 9.47 Å². The summed E-state index contributed by atoms with van der Waals surface area (Å²) in [6.07, 6.45) is -0.897. The number of anilines is 1. The lowest BCUT2D eigenvalue weighted by Crippen LogP contribution is -2.31. The molecule has 0 fully saturated rings. The summed E-state index contributed by atoms with van der Waals surface area (Å²) in [6, 6.07) is 18.8. The molecule has 2 atom stereocenters. The van der Waals surface area contributed by atoms with E-state index >= 15 is 0 Å². The summed E-state index contributed by atoms with van der Waals surface area (Å²) >= 11 is 3.66. The van der Waals surface area contributed by atoms with Gasteiger partial charge in [-0.3, -0.25) is 10.1 Å². The fraction of sp³-hybridized carbons (Fsp3) is 0.296. The number of aliphatic hydroxyl groups excluding tert-OH is 1. The van der Waals surface area contributed by atoms with Crippen LogP contribution in [0.15, 0.2) is 76.4 Å². The van der Waals surface area contributed by atoms with Crippen LogP contribution in [0.1, 0.15) is 49.6 Å². The SMILES string of the molecule is CC(C)(C)OC(=O)Nc1nc(C(C(=O)OC(c2ccccc2)c2ccccc2)C(O)CSc2cnns2)cs1. The highest BCUT2D eigenvalue weighted by atomic mass is 32.2. The number of hydrogen-bond acceptors (Lipinski definition) is 11. The van der Waals surface area contributed by atoms with Gasteiger partial charge in [0.1, 0.15) is 15.7 Å². The number of thiazole rings is 1. The Morgan fingerprint density at radius 2 is 1.69 bits per heavy atom. The normalized spacial score (nSPS) is 13.1. The zero-order valence-electron chi connectivity index (χ0n) is 21.5. The molecule has 39 heavy (non-hydrogen) atoms. The molecule has 1 amide bonds. The van der Waals surface area contributed by atoms with Crippen molar-refractivity contribution in [2.75, 3.05) is 11.1 Å².